The van der Waals surface area contributed by atoms with E-state index in [1.807, 2.05) is 0 Å². The average Bonchev–Trinajstić information content (AvgIpc) is 2.61. The minimum atomic E-state index is 0. The first-order valence-electron chi connectivity index (χ1n) is 4.71. The molecule has 10 radical (unpaired) electrons. The maximum Gasteiger partial charge on any atom is 5.00 e. The minimum absolute atomic E-state index is 0. The second-order valence-corrected chi connectivity index (χ2v) is 1.64. The maximum absolute atomic E-state index is 8.95. The van der Waals surface area contributed by atoms with Crippen LogP contribution in [0.5, 0.6) is 0 Å². The van der Waals surface area contributed by atoms with Gasteiger partial charge in [-0.25, -0.2) is 0 Å². The summed E-state index contributed by atoms with van der Waals surface area (Å²) in [5.74, 6) is 0. The molecule has 0 saturated carbocycles. The van der Waals surface area contributed by atoms with Gasteiger partial charge in [0.15, 0.2) is 0 Å². The molecule has 0 saturated heterocycles. The van der Waals surface area contributed by atoms with Crippen LogP contribution in [0.15, 0.2) is 0 Å². The zero-order chi connectivity index (χ0) is 20.6. The summed E-state index contributed by atoms with van der Waals surface area (Å²) in [5, 5.41) is 89.5. The van der Waals surface area contributed by atoms with Gasteiger partial charge >= 0.3 is 44.8 Å². The molecule has 0 atom stereocenters. The number of hydrogen-bond donors (Lipinski definition) is 0. The van der Waals surface area contributed by atoms with Crippen molar-refractivity contribution in [2.45, 2.75) is 0 Å². The average molecular weight is 534 g/mol. The van der Waals surface area contributed by atoms with Crippen LogP contribution in [0.3, 0.4) is 0 Å². The van der Waals surface area contributed by atoms with Gasteiger partial charge in [-0.05, 0) is 0 Å². The Labute approximate surface area is 194 Å². The Morgan fingerprint density at radius 2 is 0.333 bits per heavy atom. The van der Waals surface area contributed by atoms with E-state index < -0.39 is 0 Å². The first-order valence-corrected chi connectivity index (χ1v) is 4.71. The van der Waals surface area contributed by atoms with Gasteiger partial charge in [-0.15, -0.1) is 0 Å². The van der Waals surface area contributed by atoms with Gasteiger partial charge in [-0.1, -0.05) is 0 Å². The smallest absolute Gasteiger partial charge is 0.863 e. The first-order chi connectivity index (χ1) is 12.1. The van der Waals surface area contributed by atoms with E-state index in [4.69, 9.17) is 50.2 Å². The predicted octanol–water partition coefficient (Wildman–Crippen LogP) is -16.0. The van der Waals surface area contributed by atoms with Gasteiger partial charge in [0.25, 0.3) is 0 Å². The molecule has 0 aromatic rings. The summed E-state index contributed by atoms with van der Waals surface area (Å²) >= 11 is 0. The van der Waals surface area contributed by atoms with Crippen LogP contribution >= 0.6 is 0 Å². The van der Waals surface area contributed by atoms with Crippen LogP contribution in [0.4, 0.5) is 0 Å². The van der Waals surface area contributed by atoms with Crippen LogP contribution in [-0.4, -0.2) is 76.9 Å². The fraction of sp³-hybridized carbons (Fsp3) is 0. The van der Waals surface area contributed by atoms with Crippen molar-refractivity contribution in [2.75, 3.05) is 0 Å². The standard InChI is InChI=1S/5B2O3.2Nb/c5*3-1-5-2-4;;/q5*-2;2*+5. The molecule has 0 bridgehead atoms. The first kappa shape index (κ1) is 46.6. The van der Waals surface area contributed by atoms with Crippen molar-refractivity contribution in [1.82, 2.24) is 0 Å². The van der Waals surface area contributed by atoms with Crippen molar-refractivity contribution in [3.05, 3.63) is 0 Å². The topological polar surface area (TPSA) is 277 Å². The maximum atomic E-state index is 8.95. The summed E-state index contributed by atoms with van der Waals surface area (Å²) < 4.78 is 17.4. The summed E-state index contributed by atoms with van der Waals surface area (Å²) in [4.78, 5) is 0. The Balaban J connectivity index is -0.0000000364. The van der Waals surface area contributed by atoms with E-state index in [1.54, 1.807) is 0 Å². The Bertz CT molecular complexity index is 107. The Kier molecular flexibility index (Phi) is 123. The van der Waals surface area contributed by atoms with E-state index in [1.165, 1.54) is 0 Å². The van der Waals surface area contributed by atoms with Crippen molar-refractivity contribution in [3.63, 3.8) is 0 Å². The van der Waals surface area contributed by atoms with E-state index in [0.29, 0.717) is 0 Å². The Morgan fingerprint density at radius 1 is 0.259 bits per heavy atom. The summed E-state index contributed by atoms with van der Waals surface area (Å²) in [7, 11) is 0.625. The molecule has 130 valence electrons. The zero-order valence-corrected chi connectivity index (χ0v) is 17.2. The molecule has 0 amide bonds. The molecule has 15 nitrogen and oxygen atoms in total. The monoisotopic (exact) mass is 536 g/mol. The van der Waals surface area contributed by atoms with Crippen LogP contribution in [0, 0.1) is 0 Å². The molecule has 0 aliphatic heterocycles. The summed E-state index contributed by atoms with van der Waals surface area (Å²) in [6.07, 6.45) is 0. The van der Waals surface area contributed by atoms with E-state index in [2.05, 4.69) is 22.9 Å². The second kappa shape index (κ2) is 70.9. The predicted molar refractivity (Wildman–Crippen MR) is 63.0 cm³/mol. The zero-order valence-electron chi connectivity index (χ0n) is 12.8. The second-order valence-electron chi connectivity index (χ2n) is 1.64. The summed E-state index contributed by atoms with van der Waals surface area (Å²) in [6.45, 7) is 0. The number of rotatable bonds is 10. The quantitative estimate of drug-likeness (QED) is 0.235. The van der Waals surface area contributed by atoms with Crippen molar-refractivity contribution in [3.8, 4) is 0 Å². The van der Waals surface area contributed by atoms with Crippen molar-refractivity contribution >= 4 is 76.9 Å². The van der Waals surface area contributed by atoms with Crippen LogP contribution in [0.1, 0.15) is 0 Å². The molecule has 0 spiro atoms. The van der Waals surface area contributed by atoms with E-state index in [-0.39, 0.29) is 122 Å². The third-order valence-corrected chi connectivity index (χ3v) is 0.556. The number of hydrogen-bond acceptors (Lipinski definition) is 15. The Morgan fingerprint density at radius 3 is 0.333 bits per heavy atom. The van der Waals surface area contributed by atoms with Gasteiger partial charge in [0.2, 0.25) is 0 Å². The normalized spacial score (nSPS) is 6.30. The van der Waals surface area contributed by atoms with Gasteiger partial charge in [-0.3, -0.25) is 0 Å². The third kappa shape index (κ3) is 135. The van der Waals surface area contributed by atoms with Crippen LogP contribution in [-0.2, 0) is 67.6 Å². The van der Waals surface area contributed by atoms with Crippen molar-refractivity contribution < 1.29 is 118 Å². The molecule has 0 aliphatic rings. The molecule has 0 N–H and O–H groups in total. The Hall–Kier alpha value is 1.53. The van der Waals surface area contributed by atoms with Crippen molar-refractivity contribution in [1.29, 1.82) is 0 Å². The molecule has 0 rings (SSSR count). The van der Waals surface area contributed by atoms with E-state index >= 15 is 0 Å². The molecular weight excluding hydrogens is 534 g/mol. The van der Waals surface area contributed by atoms with Gasteiger partial charge in [0.1, 0.15) is 76.9 Å². The largest absolute Gasteiger partial charge is 5.00 e. The molecule has 0 aromatic carbocycles. The molecule has 0 fully saturated rings. The van der Waals surface area contributed by atoms with Crippen molar-refractivity contribution in [2.24, 2.45) is 0 Å². The van der Waals surface area contributed by atoms with Gasteiger partial charge in [-0.2, -0.15) is 0 Å². The fourth-order valence-electron chi connectivity index (χ4n) is 0.113. The molecule has 0 aliphatic carbocycles. The molecule has 0 aromatic heterocycles. The summed E-state index contributed by atoms with van der Waals surface area (Å²) in [6, 6.07) is 0. The molecular formula is B10Nb2O15. The molecule has 27 heteroatoms. The SMILES string of the molecule is [Nb+5].[Nb+5].[O-][B]O[B][O-].[O-][B]O[B][O-].[O-][B]O[B][O-].[O-][B]O[B][O-].[O-][B]O[B][O-]. The van der Waals surface area contributed by atoms with Gasteiger partial charge in [0.05, 0.1) is 0 Å². The molecule has 0 heterocycles. The van der Waals surface area contributed by atoms with Gasteiger partial charge in [0, 0.05) is 0 Å². The minimum Gasteiger partial charge on any atom is -0.863 e. The molecule has 27 heavy (non-hydrogen) atoms. The van der Waals surface area contributed by atoms with Crippen LogP contribution < -0.4 is 50.2 Å². The molecule has 0 unspecified atom stereocenters. The van der Waals surface area contributed by atoms with E-state index in [0.717, 1.165) is 0 Å². The van der Waals surface area contributed by atoms with Gasteiger partial charge < -0.3 is 73.1 Å². The van der Waals surface area contributed by atoms with E-state index in [9.17, 15) is 0 Å². The van der Waals surface area contributed by atoms with Crippen LogP contribution in [0.2, 0.25) is 0 Å². The fourth-order valence-corrected chi connectivity index (χ4v) is 0.113. The third-order valence-electron chi connectivity index (χ3n) is 0.556. The van der Waals surface area contributed by atoms with Crippen LogP contribution in [0.25, 0.3) is 0 Å². The summed E-state index contributed by atoms with van der Waals surface area (Å²) in [5.41, 5.74) is 0.